The molecule has 94 valence electrons. The summed E-state index contributed by atoms with van der Waals surface area (Å²) in [5, 5.41) is 4.86. The van der Waals surface area contributed by atoms with Crippen LogP contribution >= 0.6 is 39.1 Å². The topological polar surface area (TPSA) is 12.0 Å². The van der Waals surface area contributed by atoms with Gasteiger partial charge < -0.3 is 5.32 Å². The average Bonchev–Trinajstić information content (AvgIpc) is 2.36. The third-order valence-electron chi connectivity index (χ3n) is 2.69. The van der Waals surface area contributed by atoms with Crippen molar-refractivity contribution in [2.24, 2.45) is 0 Å². The average molecular weight is 345 g/mol. The summed E-state index contributed by atoms with van der Waals surface area (Å²) >= 11 is 15.4. The molecule has 0 heterocycles. The maximum atomic E-state index is 6.06. The number of hydrogen-bond donors (Lipinski definition) is 1. The number of halogens is 3. The van der Waals surface area contributed by atoms with Gasteiger partial charge in [-0.1, -0.05) is 41.4 Å². The molecule has 0 aliphatic heterocycles. The van der Waals surface area contributed by atoms with Crippen LogP contribution in [0.2, 0.25) is 10.0 Å². The summed E-state index contributed by atoms with van der Waals surface area (Å²) in [7, 11) is 0. The molecule has 0 fully saturated rings. The Morgan fingerprint density at radius 1 is 1.06 bits per heavy atom. The molecule has 0 radical (unpaired) electrons. The van der Waals surface area contributed by atoms with E-state index in [0.29, 0.717) is 5.02 Å². The van der Waals surface area contributed by atoms with E-state index in [1.165, 1.54) is 5.56 Å². The van der Waals surface area contributed by atoms with Gasteiger partial charge in [0.2, 0.25) is 0 Å². The summed E-state index contributed by atoms with van der Waals surface area (Å²) in [6.45, 7) is 2.09. The highest BCUT2D eigenvalue weighted by atomic mass is 79.9. The van der Waals surface area contributed by atoms with Crippen molar-refractivity contribution in [3.8, 4) is 0 Å². The maximum Gasteiger partial charge on any atom is 0.0593 e. The molecule has 0 spiro atoms. The lowest BCUT2D eigenvalue weighted by Gasteiger charge is -2.17. The lowest BCUT2D eigenvalue weighted by atomic mass is 10.1. The van der Waals surface area contributed by atoms with Gasteiger partial charge in [-0.25, -0.2) is 0 Å². The van der Waals surface area contributed by atoms with E-state index in [2.05, 4.69) is 28.2 Å². The van der Waals surface area contributed by atoms with Crippen LogP contribution in [0.1, 0.15) is 18.5 Å². The molecular formula is C14H12BrCl2N. The van der Waals surface area contributed by atoms with Crippen molar-refractivity contribution in [2.75, 3.05) is 5.32 Å². The van der Waals surface area contributed by atoms with E-state index in [9.17, 15) is 0 Å². The Bertz CT molecular complexity index is 540. The Labute approximate surface area is 125 Å². The summed E-state index contributed by atoms with van der Waals surface area (Å²) in [6.07, 6.45) is 0. The molecule has 1 nitrogen and oxygen atoms in total. The first-order chi connectivity index (χ1) is 8.58. The second-order valence-corrected chi connectivity index (χ2v) is 5.66. The summed E-state index contributed by atoms with van der Waals surface area (Å²) in [5.74, 6) is 0. The van der Waals surface area contributed by atoms with Crippen molar-refractivity contribution in [1.29, 1.82) is 0 Å². The van der Waals surface area contributed by atoms with Crippen LogP contribution < -0.4 is 5.32 Å². The Morgan fingerprint density at radius 3 is 2.39 bits per heavy atom. The first-order valence-corrected chi connectivity index (χ1v) is 7.09. The van der Waals surface area contributed by atoms with Crippen LogP contribution in [-0.4, -0.2) is 0 Å². The van der Waals surface area contributed by atoms with Gasteiger partial charge in [-0.15, -0.1) is 0 Å². The van der Waals surface area contributed by atoms with Crippen molar-refractivity contribution in [3.05, 3.63) is 62.5 Å². The molecule has 2 aromatic rings. The fraction of sp³-hybridized carbons (Fsp3) is 0.143. The van der Waals surface area contributed by atoms with Gasteiger partial charge >= 0.3 is 0 Å². The normalized spacial score (nSPS) is 12.2. The predicted octanol–water partition coefficient (Wildman–Crippen LogP) is 5.93. The summed E-state index contributed by atoms with van der Waals surface area (Å²) in [6, 6.07) is 13.7. The van der Waals surface area contributed by atoms with E-state index in [1.807, 2.05) is 42.5 Å². The van der Waals surface area contributed by atoms with E-state index in [1.54, 1.807) is 0 Å². The van der Waals surface area contributed by atoms with Gasteiger partial charge in [-0.3, -0.25) is 0 Å². The van der Waals surface area contributed by atoms with Gasteiger partial charge in [0.15, 0.2) is 0 Å². The molecule has 1 N–H and O–H groups in total. The molecule has 18 heavy (non-hydrogen) atoms. The number of anilines is 1. The molecule has 0 bridgehead atoms. The van der Waals surface area contributed by atoms with Crippen LogP contribution in [0.3, 0.4) is 0 Å². The van der Waals surface area contributed by atoms with Crippen molar-refractivity contribution >= 4 is 44.8 Å². The summed E-state index contributed by atoms with van der Waals surface area (Å²) in [4.78, 5) is 0. The Hall–Kier alpha value is -0.700. The highest BCUT2D eigenvalue weighted by molar-refractivity contribution is 9.10. The lowest BCUT2D eigenvalue weighted by Crippen LogP contribution is -2.06. The van der Waals surface area contributed by atoms with Crippen LogP contribution in [0.5, 0.6) is 0 Å². The summed E-state index contributed by atoms with van der Waals surface area (Å²) < 4.78 is 0.882. The van der Waals surface area contributed by atoms with Crippen LogP contribution in [-0.2, 0) is 0 Å². The second kappa shape index (κ2) is 5.96. The quantitative estimate of drug-likeness (QED) is 0.727. The third kappa shape index (κ3) is 3.19. The molecule has 0 saturated heterocycles. The van der Waals surface area contributed by atoms with Gasteiger partial charge in [-0.05, 0) is 52.7 Å². The van der Waals surface area contributed by atoms with Gasteiger partial charge in [0.25, 0.3) is 0 Å². The Morgan fingerprint density at radius 2 is 1.72 bits per heavy atom. The molecule has 0 saturated carbocycles. The van der Waals surface area contributed by atoms with Crippen LogP contribution in [0.25, 0.3) is 0 Å². The fourth-order valence-electron chi connectivity index (χ4n) is 1.68. The van der Waals surface area contributed by atoms with E-state index >= 15 is 0 Å². The number of benzene rings is 2. The zero-order valence-electron chi connectivity index (χ0n) is 9.75. The largest absolute Gasteiger partial charge is 0.378 e. The lowest BCUT2D eigenvalue weighted by molar-refractivity contribution is 0.884. The minimum absolute atomic E-state index is 0.178. The number of rotatable bonds is 3. The molecule has 0 aliphatic rings. The van der Waals surface area contributed by atoms with Crippen LogP contribution in [0, 0.1) is 0 Å². The third-order valence-corrected chi connectivity index (χ3v) is 4.34. The first-order valence-electron chi connectivity index (χ1n) is 5.54. The molecular weight excluding hydrogens is 333 g/mol. The standard InChI is InChI=1S/C14H12BrCl2N/c1-9(10-5-7-11(16)8-6-10)18-13-4-2-3-12(17)14(13)15/h2-9,18H,1H3. The second-order valence-electron chi connectivity index (χ2n) is 4.02. The molecule has 1 atom stereocenters. The predicted molar refractivity (Wildman–Crippen MR) is 82.6 cm³/mol. The van der Waals surface area contributed by atoms with Crippen molar-refractivity contribution < 1.29 is 0 Å². The number of hydrogen-bond acceptors (Lipinski definition) is 1. The van der Waals surface area contributed by atoms with Crippen LogP contribution in [0.4, 0.5) is 5.69 Å². The molecule has 2 rings (SSSR count). The van der Waals surface area contributed by atoms with Gasteiger partial charge in [-0.2, -0.15) is 0 Å². The zero-order valence-corrected chi connectivity index (χ0v) is 12.9. The van der Waals surface area contributed by atoms with E-state index < -0.39 is 0 Å². The molecule has 0 amide bonds. The van der Waals surface area contributed by atoms with E-state index in [0.717, 1.165) is 15.2 Å². The highest BCUT2D eigenvalue weighted by Crippen LogP contribution is 2.32. The van der Waals surface area contributed by atoms with E-state index in [-0.39, 0.29) is 6.04 Å². The van der Waals surface area contributed by atoms with Gasteiger partial charge in [0, 0.05) is 11.1 Å². The van der Waals surface area contributed by atoms with Gasteiger partial charge in [0.1, 0.15) is 0 Å². The van der Waals surface area contributed by atoms with Gasteiger partial charge in [0.05, 0.1) is 15.2 Å². The summed E-state index contributed by atoms with van der Waals surface area (Å²) in [5.41, 5.74) is 2.15. The Kier molecular flexibility index (Phi) is 4.55. The van der Waals surface area contributed by atoms with Crippen molar-refractivity contribution in [3.63, 3.8) is 0 Å². The molecule has 2 aromatic carbocycles. The Balaban J connectivity index is 2.18. The van der Waals surface area contributed by atoms with Crippen LogP contribution in [0.15, 0.2) is 46.9 Å². The highest BCUT2D eigenvalue weighted by Gasteiger charge is 2.09. The van der Waals surface area contributed by atoms with E-state index in [4.69, 9.17) is 23.2 Å². The van der Waals surface area contributed by atoms with Crippen molar-refractivity contribution in [1.82, 2.24) is 0 Å². The minimum atomic E-state index is 0.178. The molecule has 4 heteroatoms. The monoisotopic (exact) mass is 343 g/mol. The molecule has 0 aliphatic carbocycles. The fourth-order valence-corrected chi connectivity index (χ4v) is 2.36. The first kappa shape index (κ1) is 13.7. The molecule has 0 aromatic heterocycles. The SMILES string of the molecule is CC(Nc1cccc(Cl)c1Br)c1ccc(Cl)cc1. The maximum absolute atomic E-state index is 6.06. The van der Waals surface area contributed by atoms with Crippen molar-refractivity contribution in [2.45, 2.75) is 13.0 Å². The minimum Gasteiger partial charge on any atom is -0.378 e. The molecule has 1 unspecified atom stereocenters. The zero-order chi connectivity index (χ0) is 13.1. The smallest absolute Gasteiger partial charge is 0.0593 e. The number of nitrogens with one attached hydrogen (secondary N) is 1.